The minimum Gasteiger partial charge on any atom is -0.496 e. The van der Waals surface area contributed by atoms with Crippen molar-refractivity contribution < 1.29 is 13.9 Å². The van der Waals surface area contributed by atoms with Crippen LogP contribution in [0, 0.1) is 0 Å². The molecule has 0 fully saturated rings. The molecule has 2 aromatic carbocycles. The SMILES string of the molecule is COc1ccc(C(C)=O)cc1CSc1nnc(-c2sc3ccccc3c2Cl)o1. The number of halogens is 1. The highest BCUT2D eigenvalue weighted by molar-refractivity contribution is 7.98. The van der Waals surface area contributed by atoms with Gasteiger partial charge in [0.1, 0.15) is 10.6 Å². The maximum Gasteiger partial charge on any atom is 0.277 e. The van der Waals surface area contributed by atoms with Gasteiger partial charge in [0.05, 0.1) is 12.1 Å². The quantitative estimate of drug-likeness (QED) is 0.271. The molecule has 0 aliphatic carbocycles. The number of benzene rings is 2. The van der Waals surface area contributed by atoms with Crippen molar-refractivity contribution in [3.05, 3.63) is 58.6 Å². The molecule has 0 radical (unpaired) electrons. The lowest BCUT2D eigenvalue weighted by atomic mass is 10.1. The van der Waals surface area contributed by atoms with E-state index in [4.69, 9.17) is 20.8 Å². The van der Waals surface area contributed by atoms with Crippen molar-refractivity contribution in [3.63, 3.8) is 0 Å². The van der Waals surface area contributed by atoms with Crippen LogP contribution in [-0.4, -0.2) is 23.1 Å². The van der Waals surface area contributed by atoms with Gasteiger partial charge in [-0.1, -0.05) is 41.6 Å². The van der Waals surface area contributed by atoms with Gasteiger partial charge in [0.25, 0.3) is 11.1 Å². The third-order valence-electron chi connectivity index (χ3n) is 4.17. The Kier molecular flexibility index (Phi) is 5.39. The van der Waals surface area contributed by atoms with Gasteiger partial charge in [-0.05, 0) is 31.2 Å². The smallest absolute Gasteiger partial charge is 0.277 e. The number of carbonyl (C=O) groups is 1. The molecule has 0 aliphatic rings. The summed E-state index contributed by atoms with van der Waals surface area (Å²) >= 11 is 9.39. The summed E-state index contributed by atoms with van der Waals surface area (Å²) in [5.74, 6) is 1.66. The van der Waals surface area contributed by atoms with Crippen molar-refractivity contribution >= 4 is 50.6 Å². The Labute approximate surface area is 174 Å². The Bertz CT molecular complexity index is 1170. The third kappa shape index (κ3) is 3.65. The zero-order chi connectivity index (χ0) is 19.7. The van der Waals surface area contributed by atoms with Crippen molar-refractivity contribution in [2.24, 2.45) is 0 Å². The monoisotopic (exact) mass is 430 g/mol. The van der Waals surface area contributed by atoms with E-state index in [-0.39, 0.29) is 5.78 Å². The van der Waals surface area contributed by atoms with Crippen molar-refractivity contribution in [2.45, 2.75) is 17.9 Å². The van der Waals surface area contributed by atoms with Crippen molar-refractivity contribution in [2.75, 3.05) is 7.11 Å². The van der Waals surface area contributed by atoms with Crippen molar-refractivity contribution in [3.8, 4) is 16.5 Å². The van der Waals surface area contributed by atoms with Gasteiger partial charge in [-0.2, -0.15) is 0 Å². The topological polar surface area (TPSA) is 65.2 Å². The van der Waals surface area contributed by atoms with E-state index >= 15 is 0 Å². The number of hydrogen-bond donors (Lipinski definition) is 0. The fraction of sp³-hybridized carbons (Fsp3) is 0.150. The molecule has 0 spiro atoms. The molecule has 0 unspecified atom stereocenters. The molecule has 4 rings (SSSR count). The van der Waals surface area contributed by atoms with Crippen LogP contribution < -0.4 is 4.74 Å². The van der Waals surface area contributed by atoms with Crippen LogP contribution in [0.3, 0.4) is 0 Å². The first-order valence-electron chi connectivity index (χ1n) is 8.38. The summed E-state index contributed by atoms with van der Waals surface area (Å²) in [6.07, 6.45) is 0. The highest BCUT2D eigenvalue weighted by atomic mass is 35.5. The largest absolute Gasteiger partial charge is 0.496 e. The molecular weight excluding hydrogens is 416 g/mol. The lowest BCUT2D eigenvalue weighted by Gasteiger charge is -2.08. The molecule has 0 aliphatic heterocycles. The molecule has 0 saturated heterocycles. The fourth-order valence-corrected chi connectivity index (χ4v) is 4.94. The van der Waals surface area contributed by atoms with Gasteiger partial charge >= 0.3 is 0 Å². The van der Waals surface area contributed by atoms with Crippen LogP contribution in [0.15, 0.2) is 52.1 Å². The first kappa shape index (κ1) is 19.0. The lowest BCUT2D eigenvalue weighted by molar-refractivity contribution is 0.101. The van der Waals surface area contributed by atoms with Gasteiger partial charge < -0.3 is 9.15 Å². The third-order valence-corrected chi connectivity index (χ3v) is 6.70. The number of methoxy groups -OCH3 is 1. The second-order valence-corrected chi connectivity index (χ2v) is 8.34. The molecule has 4 aromatic rings. The molecule has 0 atom stereocenters. The average molecular weight is 431 g/mol. The number of carbonyl (C=O) groups excluding carboxylic acids is 1. The van der Waals surface area contributed by atoms with Gasteiger partial charge in [-0.3, -0.25) is 4.79 Å². The predicted octanol–water partition coefficient (Wildman–Crippen LogP) is 6.11. The number of ether oxygens (including phenoxy) is 1. The van der Waals surface area contributed by atoms with Gasteiger partial charge in [0, 0.05) is 27.0 Å². The summed E-state index contributed by atoms with van der Waals surface area (Å²) in [5.41, 5.74) is 1.53. The van der Waals surface area contributed by atoms with Crippen LogP contribution in [0.25, 0.3) is 20.9 Å². The number of aromatic nitrogens is 2. The summed E-state index contributed by atoms with van der Waals surface area (Å²) in [5, 5.41) is 10.3. The number of fused-ring (bicyclic) bond motifs is 1. The maximum atomic E-state index is 11.6. The number of thioether (sulfide) groups is 1. The van der Waals surface area contributed by atoms with Crippen LogP contribution in [0.5, 0.6) is 5.75 Å². The standard InChI is InChI=1S/C20H15ClN2O3S2/c1-11(24)12-7-8-15(25-2)13(9-12)10-27-20-23-22-19(26-20)18-17(21)14-5-3-4-6-16(14)28-18/h3-9H,10H2,1-2H3. The summed E-state index contributed by atoms with van der Waals surface area (Å²) < 4.78 is 12.3. The lowest BCUT2D eigenvalue weighted by Crippen LogP contribution is -1.96. The van der Waals surface area contributed by atoms with E-state index in [9.17, 15) is 4.79 Å². The molecule has 142 valence electrons. The van der Waals surface area contributed by atoms with Crippen molar-refractivity contribution in [1.29, 1.82) is 0 Å². The van der Waals surface area contributed by atoms with Gasteiger partial charge in [0.2, 0.25) is 0 Å². The van der Waals surface area contributed by atoms with E-state index in [1.54, 1.807) is 19.2 Å². The van der Waals surface area contributed by atoms with Gasteiger partial charge in [0.15, 0.2) is 5.78 Å². The van der Waals surface area contributed by atoms with Crippen LogP contribution in [0.1, 0.15) is 22.8 Å². The Hall–Kier alpha value is -2.35. The second kappa shape index (κ2) is 7.95. The Morgan fingerprint density at radius 2 is 2.07 bits per heavy atom. The van der Waals surface area contributed by atoms with E-state index in [0.717, 1.165) is 20.5 Å². The first-order valence-corrected chi connectivity index (χ1v) is 10.6. The Morgan fingerprint density at radius 1 is 1.25 bits per heavy atom. The first-order chi connectivity index (χ1) is 13.6. The maximum absolute atomic E-state index is 11.6. The molecule has 8 heteroatoms. The normalized spacial score (nSPS) is 11.1. The Morgan fingerprint density at radius 3 is 2.82 bits per heavy atom. The highest BCUT2D eigenvalue weighted by Crippen LogP contribution is 2.42. The molecule has 28 heavy (non-hydrogen) atoms. The summed E-state index contributed by atoms with van der Waals surface area (Å²) in [6.45, 7) is 1.54. The van der Waals surface area contributed by atoms with Gasteiger partial charge in [-0.25, -0.2) is 0 Å². The number of thiophene rings is 1. The molecule has 0 amide bonds. The number of Topliss-reactive ketones (excluding diaryl/α,β-unsaturated/α-hetero) is 1. The van der Waals surface area contributed by atoms with E-state index in [0.29, 0.717) is 33.2 Å². The number of ketones is 1. The zero-order valence-corrected chi connectivity index (χ0v) is 17.5. The van der Waals surface area contributed by atoms with Crippen LogP contribution in [0.4, 0.5) is 0 Å². The average Bonchev–Trinajstić information content (AvgIpc) is 3.31. The number of rotatable bonds is 6. The van der Waals surface area contributed by atoms with Crippen LogP contribution >= 0.6 is 34.7 Å². The van der Waals surface area contributed by atoms with E-state index in [2.05, 4.69) is 10.2 Å². The number of hydrogen-bond acceptors (Lipinski definition) is 7. The van der Waals surface area contributed by atoms with E-state index in [1.165, 1.54) is 30.0 Å². The summed E-state index contributed by atoms with van der Waals surface area (Å²) in [7, 11) is 1.60. The van der Waals surface area contributed by atoms with E-state index in [1.807, 2.05) is 30.3 Å². The minimum atomic E-state index is 0.00776. The molecule has 5 nitrogen and oxygen atoms in total. The Balaban J connectivity index is 1.56. The molecule has 0 saturated carbocycles. The fourth-order valence-electron chi connectivity index (χ4n) is 2.76. The molecule has 2 heterocycles. The summed E-state index contributed by atoms with van der Waals surface area (Å²) in [6, 6.07) is 13.3. The second-order valence-electron chi connectivity index (χ2n) is 5.99. The molecule has 2 aromatic heterocycles. The molecule has 0 bridgehead atoms. The van der Waals surface area contributed by atoms with Crippen LogP contribution in [0.2, 0.25) is 5.02 Å². The predicted molar refractivity (Wildman–Crippen MR) is 113 cm³/mol. The molecule has 0 N–H and O–H groups in total. The number of nitrogens with zero attached hydrogens (tertiary/aromatic N) is 2. The minimum absolute atomic E-state index is 0.00776. The van der Waals surface area contributed by atoms with Gasteiger partial charge in [-0.15, -0.1) is 21.5 Å². The van der Waals surface area contributed by atoms with Crippen molar-refractivity contribution in [1.82, 2.24) is 10.2 Å². The van der Waals surface area contributed by atoms with Crippen LogP contribution in [-0.2, 0) is 5.75 Å². The van der Waals surface area contributed by atoms with E-state index < -0.39 is 0 Å². The highest BCUT2D eigenvalue weighted by Gasteiger charge is 2.18. The zero-order valence-electron chi connectivity index (χ0n) is 15.1. The molecular formula is C20H15ClN2O3S2. The summed E-state index contributed by atoms with van der Waals surface area (Å²) in [4.78, 5) is 12.4.